The molecule has 0 N–H and O–H groups in total. The molecule has 8 aromatic rings. The summed E-state index contributed by atoms with van der Waals surface area (Å²) in [6.07, 6.45) is 3.91. The molecule has 0 fully saturated rings. The Balaban J connectivity index is 1.33. The monoisotopic (exact) mass is 667 g/mol. The Morgan fingerprint density at radius 3 is 1.73 bits per heavy atom. The molecule has 3 nitrogen and oxygen atoms in total. The summed E-state index contributed by atoms with van der Waals surface area (Å²) in [6.45, 7) is 6.34. The summed E-state index contributed by atoms with van der Waals surface area (Å²) in [5.41, 5.74) is 18.0. The van der Waals surface area contributed by atoms with Crippen molar-refractivity contribution in [3.05, 3.63) is 209 Å². The number of rotatable bonds is 6. The Bertz CT molecular complexity index is 2530. The summed E-state index contributed by atoms with van der Waals surface area (Å²) < 4.78 is 0. The molecular weight excluding hydrogens is 631 g/mol. The van der Waals surface area contributed by atoms with E-state index >= 15 is 0 Å². The predicted octanol–water partition coefficient (Wildman–Crippen LogP) is 11.8. The van der Waals surface area contributed by atoms with Crippen molar-refractivity contribution in [3.8, 4) is 56.0 Å². The van der Waals surface area contributed by atoms with Crippen LogP contribution in [-0.4, -0.2) is 15.0 Å². The van der Waals surface area contributed by atoms with Crippen LogP contribution in [-0.2, 0) is 5.41 Å². The van der Waals surface area contributed by atoms with Crippen molar-refractivity contribution in [2.75, 3.05) is 0 Å². The van der Waals surface area contributed by atoms with Crippen LogP contribution in [0.4, 0.5) is 0 Å². The smallest absolute Gasteiger partial charge is 0.160 e. The van der Waals surface area contributed by atoms with Gasteiger partial charge < -0.3 is 0 Å². The molecule has 0 saturated carbocycles. The number of hydrogen-bond donors (Lipinski definition) is 0. The SMILES string of the molecule is Cc1cc(-c2ccccc2)nc(-c2ccc3c(c2)-c2c(-c4cccc(-c5c(C)cncc5C)c4)cccc2C3(c2ccccc2)c2ccccc2)n1. The van der Waals surface area contributed by atoms with Gasteiger partial charge in [0, 0.05) is 29.2 Å². The number of fused-ring (bicyclic) bond motifs is 3. The first-order chi connectivity index (χ1) is 25.5. The van der Waals surface area contributed by atoms with Gasteiger partial charge in [-0.1, -0.05) is 140 Å². The summed E-state index contributed by atoms with van der Waals surface area (Å²) in [5.74, 6) is 0.725. The van der Waals surface area contributed by atoms with Crippen LogP contribution >= 0.6 is 0 Å². The maximum absolute atomic E-state index is 5.13. The zero-order valence-electron chi connectivity index (χ0n) is 29.5. The molecule has 0 radical (unpaired) electrons. The van der Waals surface area contributed by atoms with Gasteiger partial charge in [-0.15, -0.1) is 0 Å². The van der Waals surface area contributed by atoms with E-state index in [9.17, 15) is 0 Å². The van der Waals surface area contributed by atoms with Crippen LogP contribution in [0.3, 0.4) is 0 Å². The van der Waals surface area contributed by atoms with Gasteiger partial charge in [0.1, 0.15) is 0 Å². The molecule has 0 amide bonds. The van der Waals surface area contributed by atoms with E-state index in [1.165, 1.54) is 66.8 Å². The average Bonchev–Trinajstić information content (AvgIpc) is 3.49. The van der Waals surface area contributed by atoms with Crippen molar-refractivity contribution in [3.63, 3.8) is 0 Å². The van der Waals surface area contributed by atoms with Gasteiger partial charge in [0.25, 0.3) is 0 Å². The molecule has 0 atom stereocenters. The van der Waals surface area contributed by atoms with Crippen molar-refractivity contribution in [1.29, 1.82) is 0 Å². The number of benzene rings is 6. The standard InChI is InChI=1S/C49H37N3/c1-32-30-50-31-33(2)46(32)37-18-13-17-36(28-37)41-23-14-24-44-47(41)42-29-38(48-51-34(3)27-45(52-48)35-15-7-4-8-16-35)25-26-43(42)49(44,39-19-9-5-10-20-39)40-21-11-6-12-22-40/h4-31H,1-3H3. The lowest BCUT2D eigenvalue weighted by Crippen LogP contribution is -2.28. The van der Waals surface area contributed by atoms with Crippen LogP contribution in [0.2, 0.25) is 0 Å². The maximum atomic E-state index is 5.13. The topological polar surface area (TPSA) is 38.7 Å². The summed E-state index contributed by atoms with van der Waals surface area (Å²) >= 11 is 0. The minimum absolute atomic E-state index is 0.528. The molecule has 6 aromatic carbocycles. The Labute approximate surface area is 305 Å². The van der Waals surface area contributed by atoms with Crippen molar-refractivity contribution >= 4 is 0 Å². The van der Waals surface area contributed by atoms with Gasteiger partial charge >= 0.3 is 0 Å². The summed E-state index contributed by atoms with van der Waals surface area (Å²) in [6, 6.07) is 57.0. The van der Waals surface area contributed by atoms with Crippen LogP contribution in [0.15, 0.2) is 170 Å². The van der Waals surface area contributed by atoms with Crippen molar-refractivity contribution in [1.82, 2.24) is 15.0 Å². The van der Waals surface area contributed by atoms with Gasteiger partial charge in [0.2, 0.25) is 0 Å². The molecule has 0 aliphatic heterocycles. The number of nitrogens with zero attached hydrogens (tertiary/aromatic N) is 3. The molecule has 0 spiro atoms. The molecule has 1 aliphatic carbocycles. The largest absolute Gasteiger partial charge is 0.264 e. The third-order valence-electron chi connectivity index (χ3n) is 10.5. The second kappa shape index (κ2) is 12.7. The third-order valence-corrected chi connectivity index (χ3v) is 10.5. The molecule has 0 bridgehead atoms. The first-order valence-corrected chi connectivity index (χ1v) is 17.9. The molecule has 0 saturated heterocycles. The molecular formula is C49H37N3. The highest BCUT2D eigenvalue weighted by atomic mass is 14.9. The Hall–Kier alpha value is -6.45. The predicted molar refractivity (Wildman–Crippen MR) is 213 cm³/mol. The van der Waals surface area contributed by atoms with Gasteiger partial charge in [-0.05, 0) is 106 Å². The average molecular weight is 668 g/mol. The van der Waals surface area contributed by atoms with Crippen LogP contribution < -0.4 is 0 Å². The van der Waals surface area contributed by atoms with E-state index in [2.05, 4.69) is 170 Å². The Morgan fingerprint density at radius 2 is 1.04 bits per heavy atom. The normalized spacial score (nSPS) is 12.7. The van der Waals surface area contributed by atoms with Crippen molar-refractivity contribution in [2.24, 2.45) is 0 Å². The molecule has 2 heterocycles. The lowest BCUT2D eigenvalue weighted by atomic mass is 9.67. The van der Waals surface area contributed by atoms with E-state index in [0.29, 0.717) is 0 Å². The van der Waals surface area contributed by atoms with Crippen LogP contribution in [0.25, 0.3) is 56.0 Å². The third kappa shape index (κ3) is 5.08. The maximum Gasteiger partial charge on any atom is 0.160 e. The number of aryl methyl sites for hydroxylation is 3. The molecule has 2 aromatic heterocycles. The molecule has 52 heavy (non-hydrogen) atoms. The van der Waals surface area contributed by atoms with Gasteiger partial charge in [0.05, 0.1) is 11.1 Å². The van der Waals surface area contributed by atoms with E-state index < -0.39 is 5.41 Å². The molecule has 9 rings (SSSR count). The molecule has 248 valence electrons. The van der Waals surface area contributed by atoms with Crippen LogP contribution in [0.5, 0.6) is 0 Å². The number of aromatic nitrogens is 3. The van der Waals surface area contributed by atoms with Gasteiger partial charge in [0.15, 0.2) is 5.82 Å². The van der Waals surface area contributed by atoms with E-state index in [4.69, 9.17) is 9.97 Å². The van der Waals surface area contributed by atoms with E-state index in [1.54, 1.807) is 0 Å². The minimum Gasteiger partial charge on any atom is -0.264 e. The second-order valence-electron chi connectivity index (χ2n) is 13.8. The highest BCUT2D eigenvalue weighted by Gasteiger charge is 2.47. The van der Waals surface area contributed by atoms with E-state index in [1.807, 2.05) is 25.4 Å². The molecule has 0 unspecified atom stereocenters. The van der Waals surface area contributed by atoms with Gasteiger partial charge in [-0.2, -0.15) is 0 Å². The Kier molecular flexibility index (Phi) is 7.70. The van der Waals surface area contributed by atoms with Crippen molar-refractivity contribution < 1.29 is 0 Å². The highest BCUT2D eigenvalue weighted by molar-refractivity contribution is 5.97. The van der Waals surface area contributed by atoms with Crippen LogP contribution in [0, 0.1) is 20.8 Å². The fourth-order valence-electron chi connectivity index (χ4n) is 8.38. The summed E-state index contributed by atoms with van der Waals surface area (Å²) in [5, 5.41) is 0. The first kappa shape index (κ1) is 31.5. The first-order valence-electron chi connectivity index (χ1n) is 17.9. The fraction of sp³-hybridized carbons (Fsp3) is 0.0816. The van der Waals surface area contributed by atoms with Crippen molar-refractivity contribution in [2.45, 2.75) is 26.2 Å². The van der Waals surface area contributed by atoms with E-state index in [-0.39, 0.29) is 0 Å². The highest BCUT2D eigenvalue weighted by Crippen LogP contribution is 2.58. The van der Waals surface area contributed by atoms with E-state index in [0.717, 1.165) is 28.3 Å². The second-order valence-corrected chi connectivity index (χ2v) is 13.8. The summed E-state index contributed by atoms with van der Waals surface area (Å²) in [7, 11) is 0. The number of pyridine rings is 1. The fourth-order valence-corrected chi connectivity index (χ4v) is 8.38. The Morgan fingerprint density at radius 1 is 0.423 bits per heavy atom. The van der Waals surface area contributed by atoms with Gasteiger partial charge in [-0.3, -0.25) is 4.98 Å². The quantitative estimate of drug-likeness (QED) is 0.177. The lowest BCUT2D eigenvalue weighted by Gasteiger charge is -2.34. The van der Waals surface area contributed by atoms with Crippen LogP contribution in [0.1, 0.15) is 39.1 Å². The zero-order chi connectivity index (χ0) is 35.2. The lowest BCUT2D eigenvalue weighted by molar-refractivity contribution is 0.768. The molecule has 3 heteroatoms. The minimum atomic E-state index is -0.528. The summed E-state index contributed by atoms with van der Waals surface area (Å²) in [4.78, 5) is 14.6. The zero-order valence-corrected chi connectivity index (χ0v) is 29.5. The number of hydrogen-bond acceptors (Lipinski definition) is 3. The van der Waals surface area contributed by atoms with Gasteiger partial charge in [-0.25, -0.2) is 9.97 Å². The molecule has 1 aliphatic rings.